The van der Waals surface area contributed by atoms with Gasteiger partial charge < -0.3 is 10.1 Å². The number of nitro groups is 1. The Balaban J connectivity index is 1.95. The predicted octanol–water partition coefficient (Wildman–Crippen LogP) is 3.18. The van der Waals surface area contributed by atoms with Gasteiger partial charge in [-0.15, -0.1) is 0 Å². The molecule has 124 valence electrons. The molecule has 0 aromatic heterocycles. The topological polar surface area (TPSA) is 98.5 Å². The first-order valence-electron chi connectivity index (χ1n) is 6.54. The van der Waals surface area contributed by atoms with Crippen molar-refractivity contribution in [3.8, 4) is 0 Å². The first kappa shape index (κ1) is 17.4. The zero-order valence-corrected chi connectivity index (χ0v) is 12.7. The second-order valence-corrected chi connectivity index (χ2v) is 4.93. The number of carbonyl (C=O) groups is 2. The van der Waals surface area contributed by atoms with Gasteiger partial charge in [-0.2, -0.15) is 0 Å². The van der Waals surface area contributed by atoms with E-state index < -0.39 is 29.2 Å². The van der Waals surface area contributed by atoms with Gasteiger partial charge >= 0.3 is 5.97 Å². The molecule has 0 unspecified atom stereocenters. The van der Waals surface area contributed by atoms with E-state index in [9.17, 15) is 24.1 Å². The highest BCUT2D eigenvalue weighted by atomic mass is 35.5. The Labute approximate surface area is 140 Å². The summed E-state index contributed by atoms with van der Waals surface area (Å²) < 4.78 is 18.1. The highest BCUT2D eigenvalue weighted by molar-refractivity contribution is 6.34. The van der Waals surface area contributed by atoms with Gasteiger partial charge in [0.05, 0.1) is 21.2 Å². The second kappa shape index (κ2) is 7.51. The quantitative estimate of drug-likeness (QED) is 0.506. The third-order valence-electron chi connectivity index (χ3n) is 2.87. The molecule has 9 heteroatoms. The van der Waals surface area contributed by atoms with Crippen molar-refractivity contribution in [3.63, 3.8) is 0 Å². The van der Waals surface area contributed by atoms with Crippen LogP contribution in [0.25, 0.3) is 0 Å². The van der Waals surface area contributed by atoms with Gasteiger partial charge in [-0.3, -0.25) is 14.9 Å². The average molecular weight is 353 g/mol. The van der Waals surface area contributed by atoms with Crippen LogP contribution in [0.15, 0.2) is 42.5 Å². The van der Waals surface area contributed by atoms with Gasteiger partial charge in [0.1, 0.15) is 5.82 Å². The summed E-state index contributed by atoms with van der Waals surface area (Å²) in [6.07, 6.45) is 0. The van der Waals surface area contributed by atoms with Crippen LogP contribution in [0.2, 0.25) is 5.02 Å². The van der Waals surface area contributed by atoms with E-state index in [0.29, 0.717) is 0 Å². The number of amides is 1. The zero-order valence-electron chi connectivity index (χ0n) is 12.0. The fourth-order valence-electron chi connectivity index (χ4n) is 1.74. The highest BCUT2D eigenvalue weighted by Gasteiger charge is 2.15. The lowest BCUT2D eigenvalue weighted by molar-refractivity contribution is -0.384. The number of non-ortho nitro benzene ring substituents is 1. The minimum Gasteiger partial charge on any atom is -0.452 e. The normalized spacial score (nSPS) is 10.1. The summed E-state index contributed by atoms with van der Waals surface area (Å²) in [5.41, 5.74) is -0.406. The van der Waals surface area contributed by atoms with Crippen LogP contribution in [0, 0.1) is 15.9 Å². The molecule has 1 amide bonds. The van der Waals surface area contributed by atoms with Gasteiger partial charge in [-0.05, 0) is 18.2 Å². The first-order valence-corrected chi connectivity index (χ1v) is 6.91. The van der Waals surface area contributed by atoms with Gasteiger partial charge in [-0.1, -0.05) is 23.7 Å². The van der Waals surface area contributed by atoms with Gasteiger partial charge in [0, 0.05) is 12.1 Å². The maximum Gasteiger partial charge on any atom is 0.341 e. The van der Waals surface area contributed by atoms with Gasteiger partial charge in [0.15, 0.2) is 6.61 Å². The number of benzene rings is 2. The molecule has 0 radical (unpaired) electrons. The summed E-state index contributed by atoms with van der Waals surface area (Å²) in [5, 5.41) is 12.9. The SMILES string of the molecule is O=C(COC(=O)c1ccccc1F)Nc1ccc([N+](=O)[O-])cc1Cl. The number of nitrogens with one attached hydrogen (secondary N) is 1. The summed E-state index contributed by atoms with van der Waals surface area (Å²) in [4.78, 5) is 33.4. The Bertz CT molecular complexity index is 812. The van der Waals surface area contributed by atoms with Crippen LogP contribution >= 0.6 is 11.6 Å². The van der Waals surface area contributed by atoms with Crippen molar-refractivity contribution in [1.82, 2.24) is 0 Å². The molecule has 0 saturated heterocycles. The largest absolute Gasteiger partial charge is 0.452 e. The molecular formula is C15H10ClFN2O5. The molecule has 0 saturated carbocycles. The average Bonchev–Trinajstić information content (AvgIpc) is 2.54. The van der Waals surface area contributed by atoms with Crippen molar-refractivity contribution in [1.29, 1.82) is 0 Å². The number of nitro benzene ring substituents is 1. The molecule has 0 spiro atoms. The van der Waals surface area contributed by atoms with Gasteiger partial charge in [-0.25, -0.2) is 9.18 Å². The molecule has 0 heterocycles. The van der Waals surface area contributed by atoms with Crippen LogP contribution in [-0.2, 0) is 9.53 Å². The molecule has 0 fully saturated rings. The van der Waals surface area contributed by atoms with Crippen LogP contribution in [0.4, 0.5) is 15.8 Å². The second-order valence-electron chi connectivity index (χ2n) is 4.53. The standard InChI is InChI=1S/C15H10ClFN2O5/c16-11-7-9(19(22)23)5-6-13(11)18-14(20)8-24-15(21)10-3-1-2-4-12(10)17/h1-7H,8H2,(H,18,20). The monoisotopic (exact) mass is 352 g/mol. The van der Waals surface area contributed by atoms with Gasteiger partial charge in [0.2, 0.25) is 0 Å². The minimum absolute atomic E-state index is 0.0435. The van der Waals surface area contributed by atoms with Crippen molar-refractivity contribution in [2.24, 2.45) is 0 Å². The van der Waals surface area contributed by atoms with Crippen LogP contribution in [-0.4, -0.2) is 23.4 Å². The number of hydrogen-bond donors (Lipinski definition) is 1. The minimum atomic E-state index is -0.988. The van der Waals surface area contributed by atoms with Crippen LogP contribution in [0.3, 0.4) is 0 Å². The summed E-state index contributed by atoms with van der Waals surface area (Å²) in [6.45, 7) is -0.666. The van der Waals surface area contributed by atoms with Crippen LogP contribution in [0.5, 0.6) is 0 Å². The van der Waals surface area contributed by atoms with E-state index in [1.165, 1.54) is 24.3 Å². The lowest BCUT2D eigenvalue weighted by Crippen LogP contribution is -2.21. The maximum absolute atomic E-state index is 13.4. The molecule has 0 aliphatic carbocycles. The zero-order chi connectivity index (χ0) is 17.7. The number of anilines is 1. The maximum atomic E-state index is 13.4. The van der Waals surface area contributed by atoms with E-state index in [1.54, 1.807) is 0 Å². The van der Waals surface area contributed by atoms with E-state index in [0.717, 1.165) is 18.2 Å². The number of esters is 1. The molecule has 2 aromatic rings. The van der Waals surface area contributed by atoms with E-state index in [4.69, 9.17) is 16.3 Å². The molecule has 0 aliphatic heterocycles. The predicted molar refractivity (Wildman–Crippen MR) is 83.4 cm³/mol. The number of halogens is 2. The number of rotatable bonds is 5. The third-order valence-corrected chi connectivity index (χ3v) is 3.18. The molecule has 0 bridgehead atoms. The Morgan fingerprint density at radius 3 is 2.58 bits per heavy atom. The summed E-state index contributed by atoms with van der Waals surface area (Å²) in [7, 11) is 0. The Hall–Kier alpha value is -3.00. The van der Waals surface area contributed by atoms with Crippen molar-refractivity contribution in [2.75, 3.05) is 11.9 Å². The number of nitrogens with zero attached hydrogens (tertiary/aromatic N) is 1. The van der Waals surface area contributed by atoms with E-state index >= 15 is 0 Å². The molecule has 7 nitrogen and oxygen atoms in total. The van der Waals surface area contributed by atoms with Crippen molar-refractivity contribution >= 4 is 34.9 Å². The molecule has 0 aliphatic rings. The summed E-state index contributed by atoms with van der Waals surface area (Å²) in [5.74, 6) is -2.48. The molecular weight excluding hydrogens is 343 g/mol. The summed E-state index contributed by atoms with van der Waals surface area (Å²) >= 11 is 5.82. The lowest BCUT2D eigenvalue weighted by Gasteiger charge is -2.08. The molecule has 0 atom stereocenters. The molecule has 2 rings (SSSR count). The number of carbonyl (C=O) groups excluding carboxylic acids is 2. The first-order chi connectivity index (χ1) is 11.4. The Morgan fingerprint density at radius 1 is 1.25 bits per heavy atom. The van der Waals surface area contributed by atoms with Gasteiger partial charge in [0.25, 0.3) is 11.6 Å². The van der Waals surface area contributed by atoms with E-state index in [1.807, 2.05) is 0 Å². The smallest absolute Gasteiger partial charge is 0.341 e. The molecule has 1 N–H and O–H groups in total. The van der Waals surface area contributed by atoms with E-state index in [2.05, 4.69) is 5.32 Å². The lowest BCUT2D eigenvalue weighted by atomic mass is 10.2. The third kappa shape index (κ3) is 4.26. The number of ether oxygens (including phenoxy) is 1. The van der Waals surface area contributed by atoms with Crippen molar-refractivity contribution in [2.45, 2.75) is 0 Å². The van der Waals surface area contributed by atoms with Crippen molar-refractivity contribution < 1.29 is 23.6 Å². The van der Waals surface area contributed by atoms with Crippen molar-refractivity contribution in [3.05, 3.63) is 69.0 Å². The fourth-order valence-corrected chi connectivity index (χ4v) is 1.96. The van der Waals surface area contributed by atoms with Crippen LogP contribution in [0.1, 0.15) is 10.4 Å². The number of hydrogen-bond acceptors (Lipinski definition) is 5. The highest BCUT2D eigenvalue weighted by Crippen LogP contribution is 2.26. The molecule has 24 heavy (non-hydrogen) atoms. The summed E-state index contributed by atoms with van der Waals surface area (Å²) in [6, 6.07) is 8.66. The van der Waals surface area contributed by atoms with Crippen LogP contribution < -0.4 is 5.32 Å². The Kier molecular flexibility index (Phi) is 5.43. The fraction of sp³-hybridized carbons (Fsp3) is 0.0667. The molecule has 2 aromatic carbocycles. The Morgan fingerprint density at radius 2 is 1.96 bits per heavy atom. The van der Waals surface area contributed by atoms with E-state index in [-0.39, 0.29) is 22.0 Å².